The molecule has 0 aliphatic carbocycles. The summed E-state index contributed by atoms with van der Waals surface area (Å²) in [7, 11) is 1.59. The normalized spacial score (nSPS) is 16.5. The highest BCUT2D eigenvalue weighted by atomic mass is 35.5. The first-order valence-corrected chi connectivity index (χ1v) is 13.3. The molecule has 3 heterocycles. The molecular weight excluding hydrogens is 492 g/mol. The molecule has 0 amide bonds. The summed E-state index contributed by atoms with van der Waals surface area (Å²) < 4.78 is 5.35. The maximum atomic E-state index is 11.8. The molecule has 0 bridgehead atoms. The predicted octanol–water partition coefficient (Wildman–Crippen LogP) is 5.08. The number of aliphatic hydroxyl groups is 1. The Balaban J connectivity index is 1.35. The summed E-state index contributed by atoms with van der Waals surface area (Å²) in [5.41, 5.74) is 2.03. The number of hydrogen-bond donors (Lipinski definition) is 2. The molecule has 0 radical (unpaired) electrons. The number of benzene rings is 1. The van der Waals surface area contributed by atoms with Crippen LogP contribution in [0.2, 0.25) is 5.02 Å². The van der Waals surface area contributed by atoms with Gasteiger partial charge in [-0.05, 0) is 88.2 Å². The number of aliphatic hydroxyl groups excluding tert-OH is 1. The van der Waals surface area contributed by atoms with Gasteiger partial charge < -0.3 is 19.8 Å². The van der Waals surface area contributed by atoms with Crippen molar-refractivity contribution in [2.45, 2.75) is 57.5 Å². The molecule has 9 heteroatoms. The highest BCUT2D eigenvalue weighted by molar-refractivity contribution is 6.32. The van der Waals surface area contributed by atoms with Crippen molar-refractivity contribution in [2.24, 2.45) is 5.41 Å². The van der Waals surface area contributed by atoms with Crippen molar-refractivity contribution < 1.29 is 19.7 Å². The van der Waals surface area contributed by atoms with Crippen LogP contribution in [0.1, 0.15) is 62.3 Å². The maximum absolute atomic E-state index is 11.8. The van der Waals surface area contributed by atoms with Gasteiger partial charge in [0.15, 0.2) is 0 Å². The van der Waals surface area contributed by atoms with Crippen molar-refractivity contribution in [2.75, 3.05) is 26.7 Å². The second-order valence-electron chi connectivity index (χ2n) is 10.0. The molecule has 0 saturated carbocycles. The number of pyridine rings is 1. The fourth-order valence-corrected chi connectivity index (χ4v) is 5.68. The van der Waals surface area contributed by atoms with E-state index in [0.717, 1.165) is 68.3 Å². The van der Waals surface area contributed by atoms with Crippen LogP contribution in [0.5, 0.6) is 5.75 Å². The summed E-state index contributed by atoms with van der Waals surface area (Å²) in [5.74, 6) is -0.125. The minimum atomic E-state index is -0.824. The number of aryl methyl sites for hydroxylation is 1. The van der Waals surface area contributed by atoms with Gasteiger partial charge in [0.1, 0.15) is 5.75 Å². The number of likely N-dealkylation sites (tertiary alicyclic amines) is 1. The first-order chi connectivity index (χ1) is 17.9. The lowest BCUT2D eigenvalue weighted by molar-refractivity contribution is -0.141. The minimum absolute atomic E-state index is 0.110. The van der Waals surface area contributed by atoms with Crippen molar-refractivity contribution in [3.8, 4) is 5.75 Å². The Labute approximate surface area is 222 Å². The summed E-state index contributed by atoms with van der Waals surface area (Å²) in [5, 5.41) is 22.0. The number of halogens is 1. The van der Waals surface area contributed by atoms with Crippen molar-refractivity contribution in [1.82, 2.24) is 19.9 Å². The van der Waals surface area contributed by atoms with Gasteiger partial charge in [-0.2, -0.15) is 0 Å². The molecule has 37 heavy (non-hydrogen) atoms. The van der Waals surface area contributed by atoms with Crippen LogP contribution < -0.4 is 4.74 Å². The molecule has 0 spiro atoms. The van der Waals surface area contributed by atoms with E-state index in [4.69, 9.17) is 16.3 Å². The standard InChI is InChI=1S/C28H35ClN4O4/c1-37-21-5-6-24-22(16-21)27(23(29)19-32-24)25(34)7-8-28(17-26(35)36)9-14-33(15-10-28)13-3-2-4-20-18-30-11-12-31-20/h5-6,11-12,16,18-19,25,34H,2-4,7-10,13-15,17H2,1H3,(H,35,36). The van der Waals surface area contributed by atoms with Gasteiger partial charge in [0, 0.05) is 35.7 Å². The number of nitrogens with zero attached hydrogens (tertiary/aromatic N) is 4. The summed E-state index contributed by atoms with van der Waals surface area (Å²) in [6, 6.07) is 5.50. The molecule has 1 atom stereocenters. The van der Waals surface area contributed by atoms with Crippen molar-refractivity contribution in [3.05, 3.63) is 59.3 Å². The number of aliphatic carboxylic acids is 1. The van der Waals surface area contributed by atoms with Crippen molar-refractivity contribution in [1.29, 1.82) is 0 Å². The number of unbranched alkanes of at least 4 members (excludes halogenated alkanes) is 1. The Bertz CT molecular complexity index is 1190. The zero-order valence-corrected chi connectivity index (χ0v) is 22.0. The highest BCUT2D eigenvalue weighted by Gasteiger charge is 2.37. The molecule has 1 aromatic carbocycles. The third kappa shape index (κ3) is 7.15. The molecule has 1 aliphatic heterocycles. The molecule has 1 unspecified atom stereocenters. The fraction of sp³-hybridized carbons (Fsp3) is 0.500. The SMILES string of the molecule is COc1ccc2ncc(Cl)c(C(O)CCC3(CC(=O)O)CCN(CCCCc4cnccn4)CC3)c2c1. The van der Waals surface area contributed by atoms with E-state index in [2.05, 4.69) is 19.9 Å². The second-order valence-corrected chi connectivity index (χ2v) is 10.4. The van der Waals surface area contributed by atoms with Crippen LogP contribution in [-0.2, 0) is 11.2 Å². The minimum Gasteiger partial charge on any atom is -0.497 e. The number of fused-ring (bicyclic) bond motifs is 1. The largest absolute Gasteiger partial charge is 0.497 e. The molecule has 1 saturated heterocycles. The Morgan fingerprint density at radius 3 is 2.70 bits per heavy atom. The van der Waals surface area contributed by atoms with Gasteiger partial charge in [-0.1, -0.05) is 11.6 Å². The number of carboxylic acid groups (broad SMARTS) is 1. The second kappa shape index (κ2) is 12.6. The van der Waals surface area contributed by atoms with Gasteiger partial charge in [-0.15, -0.1) is 0 Å². The van der Waals surface area contributed by atoms with Crippen LogP contribution in [0.3, 0.4) is 0 Å². The van der Waals surface area contributed by atoms with E-state index in [9.17, 15) is 15.0 Å². The van der Waals surface area contributed by atoms with Crippen molar-refractivity contribution >= 4 is 28.5 Å². The van der Waals surface area contributed by atoms with E-state index in [1.165, 1.54) is 0 Å². The number of piperidine rings is 1. The van der Waals surface area contributed by atoms with Crippen LogP contribution in [0, 0.1) is 5.41 Å². The van der Waals surface area contributed by atoms with E-state index in [1.807, 2.05) is 24.4 Å². The molecule has 2 N–H and O–H groups in total. The lowest BCUT2D eigenvalue weighted by atomic mass is 9.71. The molecule has 4 rings (SSSR count). The average molecular weight is 527 g/mol. The van der Waals surface area contributed by atoms with Gasteiger partial charge in [0.05, 0.1) is 35.9 Å². The first-order valence-electron chi connectivity index (χ1n) is 12.9. The van der Waals surface area contributed by atoms with Crippen LogP contribution >= 0.6 is 11.6 Å². The Kier molecular flexibility index (Phi) is 9.29. The Hall–Kier alpha value is -2.81. The predicted molar refractivity (Wildman–Crippen MR) is 143 cm³/mol. The van der Waals surface area contributed by atoms with Crippen LogP contribution in [0.15, 0.2) is 43.0 Å². The third-order valence-corrected chi connectivity index (χ3v) is 7.87. The lowest BCUT2D eigenvalue weighted by Crippen LogP contribution is -2.41. The van der Waals surface area contributed by atoms with E-state index >= 15 is 0 Å². The third-order valence-electron chi connectivity index (χ3n) is 7.57. The number of carbonyl (C=O) groups is 1. The Morgan fingerprint density at radius 2 is 2.00 bits per heavy atom. The molecule has 198 valence electrons. The molecule has 2 aromatic heterocycles. The Morgan fingerprint density at radius 1 is 1.19 bits per heavy atom. The number of methoxy groups -OCH3 is 1. The summed E-state index contributed by atoms with van der Waals surface area (Å²) >= 11 is 6.48. The summed E-state index contributed by atoms with van der Waals surface area (Å²) in [6.45, 7) is 2.72. The zero-order chi connectivity index (χ0) is 26.3. The first kappa shape index (κ1) is 27.2. The number of ether oxygens (including phenoxy) is 1. The molecule has 8 nitrogen and oxygen atoms in total. The molecular formula is C28H35ClN4O4. The van der Waals surface area contributed by atoms with Gasteiger partial charge in [-0.3, -0.25) is 19.7 Å². The van der Waals surface area contributed by atoms with Gasteiger partial charge in [0.25, 0.3) is 0 Å². The number of rotatable bonds is 12. The average Bonchev–Trinajstić information content (AvgIpc) is 2.90. The van der Waals surface area contributed by atoms with Gasteiger partial charge >= 0.3 is 5.97 Å². The number of aromatic nitrogens is 3. The van der Waals surface area contributed by atoms with Crippen LogP contribution in [0.25, 0.3) is 10.9 Å². The molecule has 3 aromatic rings. The lowest BCUT2D eigenvalue weighted by Gasteiger charge is -2.41. The topological polar surface area (TPSA) is 109 Å². The van der Waals surface area contributed by atoms with E-state index < -0.39 is 12.1 Å². The summed E-state index contributed by atoms with van der Waals surface area (Å²) in [6.07, 6.45) is 11.8. The smallest absolute Gasteiger partial charge is 0.303 e. The maximum Gasteiger partial charge on any atom is 0.303 e. The number of hydrogen-bond acceptors (Lipinski definition) is 7. The van der Waals surface area contributed by atoms with Crippen LogP contribution in [-0.4, -0.2) is 62.8 Å². The zero-order valence-electron chi connectivity index (χ0n) is 21.3. The summed E-state index contributed by atoms with van der Waals surface area (Å²) in [4.78, 5) is 27.0. The molecule has 1 fully saturated rings. The highest BCUT2D eigenvalue weighted by Crippen LogP contribution is 2.43. The fourth-order valence-electron chi connectivity index (χ4n) is 5.41. The van der Waals surface area contributed by atoms with E-state index in [1.54, 1.807) is 25.7 Å². The van der Waals surface area contributed by atoms with Gasteiger partial charge in [0.2, 0.25) is 0 Å². The van der Waals surface area contributed by atoms with E-state index in [0.29, 0.717) is 29.2 Å². The van der Waals surface area contributed by atoms with Gasteiger partial charge in [-0.25, -0.2) is 0 Å². The monoisotopic (exact) mass is 526 g/mol. The van der Waals surface area contributed by atoms with Crippen LogP contribution in [0.4, 0.5) is 0 Å². The van der Waals surface area contributed by atoms with E-state index in [-0.39, 0.29) is 11.8 Å². The quantitative estimate of drug-likeness (QED) is 0.314. The molecule has 1 aliphatic rings. The number of carboxylic acids is 1. The van der Waals surface area contributed by atoms with Crippen molar-refractivity contribution in [3.63, 3.8) is 0 Å².